The quantitative estimate of drug-likeness (QED) is 0.234. The Hall–Kier alpha value is -1.40. The highest BCUT2D eigenvalue weighted by Crippen LogP contribution is 2.39. The summed E-state index contributed by atoms with van der Waals surface area (Å²) in [5.41, 5.74) is 13.7. The predicted octanol–water partition coefficient (Wildman–Crippen LogP) is 11.9. The summed E-state index contributed by atoms with van der Waals surface area (Å²) in [6.07, 6.45) is 0. The van der Waals surface area contributed by atoms with E-state index in [9.17, 15) is 0 Å². The monoisotopic (exact) mass is 576 g/mol. The van der Waals surface area contributed by atoms with E-state index in [0.29, 0.717) is 0 Å². The molecule has 2 aromatic carbocycles. The third-order valence-corrected chi connectivity index (χ3v) is 9.79. The van der Waals surface area contributed by atoms with Crippen molar-refractivity contribution in [1.82, 2.24) is 0 Å². The van der Waals surface area contributed by atoms with Gasteiger partial charge in [0, 0.05) is 18.7 Å². The van der Waals surface area contributed by atoms with E-state index in [0.717, 1.165) is 7.87 Å². The SMILES string of the molecule is CC(C)(C)c1cc(C(C)(C)C)c(C#CP=Pc2c(C(C)(C)C)cc(C(C)(C)C)cc2C(C)(C)C)c(C(C)(C)C)c1. The molecule has 40 heavy (non-hydrogen) atoms. The van der Waals surface area contributed by atoms with Gasteiger partial charge < -0.3 is 0 Å². The Balaban J connectivity index is 2.87. The molecule has 0 unspecified atom stereocenters. The molecule has 0 heterocycles. The molecule has 220 valence electrons. The van der Waals surface area contributed by atoms with Crippen molar-refractivity contribution >= 4 is 21.0 Å². The highest BCUT2D eigenvalue weighted by molar-refractivity contribution is 7.90. The Kier molecular flexibility index (Phi) is 9.88. The first kappa shape index (κ1) is 34.8. The lowest BCUT2D eigenvalue weighted by atomic mass is 9.72. The van der Waals surface area contributed by atoms with Crippen LogP contribution in [0, 0.1) is 11.6 Å². The predicted molar refractivity (Wildman–Crippen MR) is 185 cm³/mol. The third kappa shape index (κ3) is 8.56. The van der Waals surface area contributed by atoms with Crippen LogP contribution in [0.3, 0.4) is 0 Å². The summed E-state index contributed by atoms with van der Waals surface area (Å²) in [6.45, 7) is 42.0. The van der Waals surface area contributed by atoms with Crippen molar-refractivity contribution in [1.29, 1.82) is 0 Å². The summed E-state index contributed by atoms with van der Waals surface area (Å²) in [7, 11) is 2.40. The molecule has 0 aliphatic carbocycles. The maximum Gasteiger partial charge on any atom is 0.0327 e. The molecule has 0 nitrogen and oxygen atoms in total. The van der Waals surface area contributed by atoms with Gasteiger partial charge in [-0.05, 0) is 79.4 Å². The molecule has 0 aliphatic rings. The second-order valence-electron chi connectivity index (χ2n) is 17.8. The minimum atomic E-state index is 0.0153. The summed E-state index contributed by atoms with van der Waals surface area (Å²) in [5, 5.41) is 1.46. The fourth-order valence-electron chi connectivity index (χ4n) is 4.87. The van der Waals surface area contributed by atoms with Crippen molar-refractivity contribution in [3.8, 4) is 11.6 Å². The van der Waals surface area contributed by atoms with Crippen molar-refractivity contribution in [2.24, 2.45) is 0 Å². The number of hydrogen-bond acceptors (Lipinski definition) is 0. The van der Waals surface area contributed by atoms with Gasteiger partial charge in [0.2, 0.25) is 0 Å². The summed E-state index contributed by atoms with van der Waals surface area (Å²) >= 11 is 0. The van der Waals surface area contributed by atoms with E-state index in [1.165, 1.54) is 52.1 Å². The number of benzene rings is 2. The highest BCUT2D eigenvalue weighted by Gasteiger charge is 2.30. The largest absolute Gasteiger partial charge is 0.0563 e. The molecular weight excluding hydrogens is 518 g/mol. The third-order valence-electron chi connectivity index (χ3n) is 7.59. The lowest BCUT2D eigenvalue weighted by Gasteiger charge is -2.32. The molecule has 2 heteroatoms. The van der Waals surface area contributed by atoms with Gasteiger partial charge in [0.25, 0.3) is 0 Å². The van der Waals surface area contributed by atoms with Gasteiger partial charge in [0.15, 0.2) is 0 Å². The number of hydrogen-bond donors (Lipinski definition) is 0. The van der Waals surface area contributed by atoms with Gasteiger partial charge in [-0.25, -0.2) is 0 Å². The molecular formula is C38H58P2. The van der Waals surface area contributed by atoms with E-state index in [4.69, 9.17) is 0 Å². The van der Waals surface area contributed by atoms with E-state index >= 15 is 0 Å². The second kappa shape index (κ2) is 11.4. The molecule has 0 atom stereocenters. The van der Waals surface area contributed by atoms with Crippen LogP contribution in [-0.2, 0) is 32.5 Å². The molecule has 0 N–H and O–H groups in total. The van der Waals surface area contributed by atoms with E-state index in [1.54, 1.807) is 0 Å². The van der Waals surface area contributed by atoms with Crippen molar-refractivity contribution in [3.05, 3.63) is 63.2 Å². The van der Waals surface area contributed by atoms with Crippen molar-refractivity contribution in [2.75, 3.05) is 0 Å². The summed E-state index contributed by atoms with van der Waals surface area (Å²) in [5.74, 6) is 3.73. The van der Waals surface area contributed by atoms with Gasteiger partial charge in [0.05, 0.1) is 0 Å². The lowest BCUT2D eigenvalue weighted by Crippen LogP contribution is -2.29. The molecule has 0 spiro atoms. The van der Waals surface area contributed by atoms with Crippen LogP contribution >= 0.6 is 15.7 Å². The van der Waals surface area contributed by atoms with E-state index in [-0.39, 0.29) is 32.5 Å². The second-order valence-corrected chi connectivity index (χ2v) is 20.1. The van der Waals surface area contributed by atoms with Gasteiger partial charge >= 0.3 is 0 Å². The zero-order chi connectivity index (χ0) is 31.3. The van der Waals surface area contributed by atoms with Gasteiger partial charge in [-0.15, -0.1) is 0 Å². The Bertz CT molecular complexity index is 1240. The summed E-state index contributed by atoms with van der Waals surface area (Å²) in [4.78, 5) is 0. The highest BCUT2D eigenvalue weighted by atomic mass is 31.7. The van der Waals surface area contributed by atoms with Crippen LogP contribution < -0.4 is 5.30 Å². The van der Waals surface area contributed by atoms with Gasteiger partial charge in [-0.3, -0.25) is 0 Å². The number of rotatable bonds is 1. The molecule has 0 saturated carbocycles. The Morgan fingerprint density at radius 1 is 0.425 bits per heavy atom. The maximum atomic E-state index is 3.73. The van der Waals surface area contributed by atoms with Crippen LogP contribution in [0.2, 0.25) is 0 Å². The first-order valence-corrected chi connectivity index (χ1v) is 17.5. The van der Waals surface area contributed by atoms with Gasteiger partial charge in [-0.1, -0.05) is 155 Å². The summed E-state index contributed by atoms with van der Waals surface area (Å²) in [6, 6.07) is 9.80. The molecule has 0 saturated heterocycles. The molecule has 2 rings (SSSR count). The Morgan fingerprint density at radius 3 is 1.00 bits per heavy atom. The first-order chi connectivity index (χ1) is 17.6. The molecule has 0 fully saturated rings. The molecule has 0 aliphatic heterocycles. The minimum Gasteiger partial charge on any atom is -0.0563 e. The summed E-state index contributed by atoms with van der Waals surface area (Å²) < 4.78 is 0. The van der Waals surface area contributed by atoms with Crippen LogP contribution in [-0.4, -0.2) is 0 Å². The fraction of sp³-hybridized carbons (Fsp3) is 0.632. The van der Waals surface area contributed by atoms with Crippen molar-refractivity contribution in [3.63, 3.8) is 0 Å². The fourth-order valence-corrected chi connectivity index (χ4v) is 7.44. The average molecular weight is 577 g/mol. The zero-order valence-corrected chi connectivity index (χ0v) is 31.0. The standard InChI is InChI=1S/C38H58P2/c1-33(2,3)25-21-28(35(7,8)9)27(29(22-25)36(10,11)12)19-20-39-40-32-30(37(13,14)15)23-26(34(4,5)6)24-31(32)38(16,17)18/h21-24H,1-18H3. The average Bonchev–Trinajstić information content (AvgIpc) is 2.71. The van der Waals surface area contributed by atoms with E-state index in [2.05, 4.69) is 160 Å². The molecule has 0 amide bonds. The lowest BCUT2D eigenvalue weighted by molar-refractivity contribution is 0.546. The molecule has 2 aromatic rings. The first-order valence-electron chi connectivity index (χ1n) is 15.0. The Morgan fingerprint density at radius 2 is 0.725 bits per heavy atom. The van der Waals surface area contributed by atoms with Crippen LogP contribution in [0.25, 0.3) is 0 Å². The van der Waals surface area contributed by atoms with Gasteiger partial charge in [0.1, 0.15) is 0 Å². The van der Waals surface area contributed by atoms with Crippen molar-refractivity contribution in [2.45, 2.75) is 157 Å². The van der Waals surface area contributed by atoms with Crippen LogP contribution in [0.1, 0.15) is 164 Å². The van der Waals surface area contributed by atoms with Crippen LogP contribution in [0.15, 0.2) is 24.3 Å². The molecule has 0 aromatic heterocycles. The van der Waals surface area contributed by atoms with Crippen LogP contribution in [0.4, 0.5) is 0 Å². The maximum absolute atomic E-state index is 3.73. The topological polar surface area (TPSA) is 0 Å². The Labute approximate surface area is 252 Å². The smallest absolute Gasteiger partial charge is 0.0327 e. The molecule has 0 radical (unpaired) electrons. The van der Waals surface area contributed by atoms with E-state index < -0.39 is 0 Å². The zero-order valence-electron chi connectivity index (χ0n) is 29.2. The van der Waals surface area contributed by atoms with E-state index in [1.807, 2.05) is 0 Å². The normalized spacial score (nSPS) is 13.9. The van der Waals surface area contributed by atoms with Crippen molar-refractivity contribution < 1.29 is 0 Å². The molecule has 0 bridgehead atoms. The minimum absolute atomic E-state index is 0.0153. The van der Waals surface area contributed by atoms with Crippen LogP contribution in [0.5, 0.6) is 0 Å². The van der Waals surface area contributed by atoms with Gasteiger partial charge in [-0.2, -0.15) is 0 Å².